The Labute approximate surface area is 137 Å². The van der Waals surface area contributed by atoms with Crippen LogP contribution in [0.1, 0.15) is 37.8 Å². The van der Waals surface area contributed by atoms with Crippen molar-refractivity contribution < 1.29 is 4.74 Å². The van der Waals surface area contributed by atoms with Gasteiger partial charge in [-0.25, -0.2) is 0 Å². The van der Waals surface area contributed by atoms with E-state index in [1.807, 2.05) is 0 Å². The van der Waals surface area contributed by atoms with Gasteiger partial charge in [0.15, 0.2) is 0 Å². The number of rotatable bonds is 9. The molecule has 1 aromatic rings. The van der Waals surface area contributed by atoms with Crippen molar-refractivity contribution in [3.8, 4) is 0 Å². The minimum Gasteiger partial charge on any atom is -0.380 e. The highest BCUT2D eigenvalue weighted by Crippen LogP contribution is 2.29. The number of halogens is 1. The van der Waals surface area contributed by atoms with Crippen molar-refractivity contribution in [3.05, 3.63) is 34.3 Å². The van der Waals surface area contributed by atoms with Crippen LogP contribution in [-0.2, 0) is 4.74 Å². The first kappa shape index (κ1) is 16.9. The molecule has 1 aliphatic carbocycles. The Hall–Kier alpha value is -0.420. The van der Waals surface area contributed by atoms with E-state index in [0.717, 1.165) is 36.6 Å². The van der Waals surface area contributed by atoms with Gasteiger partial charge in [0.25, 0.3) is 0 Å². The summed E-state index contributed by atoms with van der Waals surface area (Å²) in [6.45, 7) is 4.77. The van der Waals surface area contributed by atoms with Crippen LogP contribution in [0, 0.1) is 5.92 Å². The van der Waals surface area contributed by atoms with Crippen molar-refractivity contribution in [1.29, 1.82) is 0 Å². The molecule has 0 saturated heterocycles. The molecule has 118 valence electrons. The molecule has 0 bridgehead atoms. The summed E-state index contributed by atoms with van der Waals surface area (Å²) < 4.78 is 6.86. The number of ether oxygens (including phenoxy) is 1. The molecule has 1 fully saturated rings. The standard InChI is InChI=1S/C17H27BrN2O/c1-3-16(19)17(14-5-4-6-15(18)11-14)20(2)9-10-21-12-13-7-8-13/h4-6,11,13,16-17H,3,7-10,12,19H2,1-2H3. The molecule has 0 heterocycles. The van der Waals surface area contributed by atoms with E-state index in [1.54, 1.807) is 0 Å². The molecule has 1 aliphatic rings. The highest BCUT2D eigenvalue weighted by molar-refractivity contribution is 9.10. The van der Waals surface area contributed by atoms with Crippen LogP contribution in [0.3, 0.4) is 0 Å². The smallest absolute Gasteiger partial charge is 0.0593 e. The van der Waals surface area contributed by atoms with Crippen LogP contribution in [0.4, 0.5) is 0 Å². The third kappa shape index (κ3) is 5.37. The second kappa shape index (κ2) is 8.28. The van der Waals surface area contributed by atoms with E-state index in [0.29, 0.717) is 0 Å². The van der Waals surface area contributed by atoms with Gasteiger partial charge in [-0.05, 0) is 49.9 Å². The van der Waals surface area contributed by atoms with Gasteiger partial charge in [-0.3, -0.25) is 4.90 Å². The lowest BCUT2D eigenvalue weighted by Gasteiger charge is -2.33. The van der Waals surface area contributed by atoms with E-state index in [1.165, 1.54) is 18.4 Å². The third-order valence-corrected chi connectivity index (χ3v) is 4.67. The highest BCUT2D eigenvalue weighted by Gasteiger charge is 2.24. The largest absolute Gasteiger partial charge is 0.380 e. The van der Waals surface area contributed by atoms with Crippen molar-refractivity contribution in [2.45, 2.75) is 38.3 Å². The summed E-state index contributed by atoms with van der Waals surface area (Å²) in [5.41, 5.74) is 7.63. The summed E-state index contributed by atoms with van der Waals surface area (Å²) >= 11 is 3.55. The Morgan fingerprint density at radius 3 is 2.81 bits per heavy atom. The number of nitrogens with zero attached hydrogens (tertiary/aromatic N) is 1. The van der Waals surface area contributed by atoms with Crippen LogP contribution >= 0.6 is 15.9 Å². The molecule has 0 spiro atoms. The topological polar surface area (TPSA) is 38.5 Å². The van der Waals surface area contributed by atoms with Crippen LogP contribution in [0.2, 0.25) is 0 Å². The first-order chi connectivity index (χ1) is 10.1. The SMILES string of the molecule is CCC(N)C(c1cccc(Br)c1)N(C)CCOCC1CC1. The fourth-order valence-electron chi connectivity index (χ4n) is 2.62. The van der Waals surface area contributed by atoms with Crippen LogP contribution in [0.5, 0.6) is 0 Å². The molecule has 0 radical (unpaired) electrons. The van der Waals surface area contributed by atoms with Crippen molar-refractivity contribution in [2.24, 2.45) is 11.7 Å². The Bertz CT molecular complexity index is 437. The van der Waals surface area contributed by atoms with Gasteiger partial charge in [0, 0.05) is 29.7 Å². The number of nitrogens with two attached hydrogens (primary N) is 1. The van der Waals surface area contributed by atoms with Gasteiger partial charge in [0.2, 0.25) is 0 Å². The van der Waals surface area contributed by atoms with Crippen LogP contribution in [0.25, 0.3) is 0 Å². The Kier molecular flexibility index (Phi) is 6.68. The van der Waals surface area contributed by atoms with Gasteiger partial charge < -0.3 is 10.5 Å². The summed E-state index contributed by atoms with van der Waals surface area (Å²) in [5.74, 6) is 0.828. The average molecular weight is 355 g/mol. The molecule has 2 unspecified atom stereocenters. The molecule has 1 aromatic carbocycles. The second-order valence-corrected chi connectivity index (χ2v) is 6.99. The maximum absolute atomic E-state index is 6.36. The molecule has 21 heavy (non-hydrogen) atoms. The predicted molar refractivity (Wildman–Crippen MR) is 91.3 cm³/mol. The summed E-state index contributed by atoms with van der Waals surface area (Å²) in [5, 5.41) is 0. The van der Waals surface area contributed by atoms with Gasteiger partial charge >= 0.3 is 0 Å². The number of hydrogen-bond donors (Lipinski definition) is 1. The Balaban J connectivity index is 1.93. The predicted octanol–water partition coefficient (Wildman–Crippen LogP) is 3.59. The maximum Gasteiger partial charge on any atom is 0.0593 e. The summed E-state index contributed by atoms with van der Waals surface area (Å²) in [4.78, 5) is 2.32. The first-order valence-electron chi connectivity index (χ1n) is 7.90. The molecule has 2 atom stereocenters. The average Bonchev–Trinajstić information content (AvgIpc) is 3.28. The van der Waals surface area contributed by atoms with E-state index in [9.17, 15) is 0 Å². The Morgan fingerprint density at radius 1 is 1.43 bits per heavy atom. The van der Waals surface area contributed by atoms with Crippen molar-refractivity contribution >= 4 is 15.9 Å². The molecule has 1 saturated carbocycles. The molecule has 2 N–H and O–H groups in total. The number of hydrogen-bond acceptors (Lipinski definition) is 3. The quantitative estimate of drug-likeness (QED) is 0.688. The fourth-order valence-corrected chi connectivity index (χ4v) is 3.04. The van der Waals surface area contributed by atoms with E-state index < -0.39 is 0 Å². The molecule has 0 aromatic heterocycles. The molecular weight excluding hydrogens is 328 g/mol. The van der Waals surface area contributed by atoms with Gasteiger partial charge in [0.1, 0.15) is 0 Å². The van der Waals surface area contributed by atoms with Crippen molar-refractivity contribution in [2.75, 3.05) is 26.8 Å². The van der Waals surface area contributed by atoms with E-state index >= 15 is 0 Å². The van der Waals surface area contributed by atoms with E-state index in [4.69, 9.17) is 10.5 Å². The zero-order valence-electron chi connectivity index (χ0n) is 13.1. The molecule has 0 amide bonds. The van der Waals surface area contributed by atoms with Crippen molar-refractivity contribution in [1.82, 2.24) is 4.90 Å². The fraction of sp³-hybridized carbons (Fsp3) is 0.647. The van der Waals surface area contributed by atoms with Gasteiger partial charge in [-0.1, -0.05) is 35.0 Å². The molecule has 4 heteroatoms. The van der Waals surface area contributed by atoms with Gasteiger partial charge in [-0.15, -0.1) is 0 Å². The van der Waals surface area contributed by atoms with Crippen LogP contribution in [-0.4, -0.2) is 37.7 Å². The van der Waals surface area contributed by atoms with Crippen LogP contribution in [0.15, 0.2) is 28.7 Å². The molecular formula is C17H27BrN2O. The molecule has 2 rings (SSSR count). The maximum atomic E-state index is 6.36. The molecule has 0 aliphatic heterocycles. The summed E-state index contributed by atoms with van der Waals surface area (Å²) in [6.07, 6.45) is 3.65. The second-order valence-electron chi connectivity index (χ2n) is 6.07. The monoisotopic (exact) mass is 354 g/mol. The normalized spacial score (nSPS) is 18.0. The highest BCUT2D eigenvalue weighted by atomic mass is 79.9. The lowest BCUT2D eigenvalue weighted by molar-refractivity contribution is 0.0861. The lowest BCUT2D eigenvalue weighted by atomic mass is 9.97. The number of benzene rings is 1. The zero-order chi connectivity index (χ0) is 15.2. The van der Waals surface area contributed by atoms with Crippen molar-refractivity contribution in [3.63, 3.8) is 0 Å². The van der Waals surface area contributed by atoms with E-state index in [2.05, 4.69) is 59.1 Å². The minimum atomic E-state index is 0.132. The molecule has 3 nitrogen and oxygen atoms in total. The first-order valence-corrected chi connectivity index (χ1v) is 8.70. The van der Waals surface area contributed by atoms with Gasteiger partial charge in [0.05, 0.1) is 6.61 Å². The van der Waals surface area contributed by atoms with Crippen LogP contribution < -0.4 is 5.73 Å². The lowest BCUT2D eigenvalue weighted by Crippen LogP contribution is -2.40. The third-order valence-electron chi connectivity index (χ3n) is 4.18. The minimum absolute atomic E-state index is 0.132. The summed E-state index contributed by atoms with van der Waals surface area (Å²) in [7, 11) is 2.14. The zero-order valence-corrected chi connectivity index (χ0v) is 14.7. The number of likely N-dealkylation sites (N-methyl/N-ethyl adjacent to an activating group) is 1. The summed E-state index contributed by atoms with van der Waals surface area (Å²) in [6, 6.07) is 8.82. The van der Waals surface area contributed by atoms with Gasteiger partial charge in [-0.2, -0.15) is 0 Å². The van der Waals surface area contributed by atoms with E-state index in [-0.39, 0.29) is 12.1 Å². The Morgan fingerprint density at radius 2 is 2.19 bits per heavy atom.